The van der Waals surface area contributed by atoms with Crippen LogP contribution in [-0.2, 0) is 0 Å². The molecule has 0 radical (unpaired) electrons. The van der Waals surface area contributed by atoms with Gasteiger partial charge in [-0.2, -0.15) is 4.98 Å². The molecule has 25 heavy (non-hydrogen) atoms. The Morgan fingerprint density at radius 2 is 1.64 bits per heavy atom. The summed E-state index contributed by atoms with van der Waals surface area (Å²) >= 11 is 12.4. The van der Waals surface area contributed by atoms with Gasteiger partial charge < -0.3 is 15.4 Å². The Morgan fingerprint density at radius 1 is 0.920 bits per heavy atom. The number of rotatable bonds is 5. The van der Waals surface area contributed by atoms with Gasteiger partial charge in [0.05, 0.1) is 22.8 Å². The van der Waals surface area contributed by atoms with Crippen molar-refractivity contribution in [1.82, 2.24) is 9.97 Å². The van der Waals surface area contributed by atoms with Crippen LogP contribution in [-0.4, -0.2) is 17.1 Å². The maximum absolute atomic E-state index is 6.19. The summed E-state index contributed by atoms with van der Waals surface area (Å²) in [5, 5.41) is 7.32. The van der Waals surface area contributed by atoms with E-state index in [9.17, 15) is 0 Å². The normalized spacial score (nSPS) is 10.4. The Labute approximate surface area is 156 Å². The second-order valence-corrected chi connectivity index (χ2v) is 6.11. The summed E-state index contributed by atoms with van der Waals surface area (Å²) in [5.74, 6) is 1.81. The number of hydrogen-bond donors (Lipinski definition) is 2. The lowest BCUT2D eigenvalue weighted by Crippen LogP contribution is -2.03. The number of methoxy groups -OCH3 is 1. The van der Waals surface area contributed by atoms with Crippen molar-refractivity contribution in [2.75, 3.05) is 17.7 Å². The van der Waals surface area contributed by atoms with E-state index in [4.69, 9.17) is 27.9 Å². The number of aryl methyl sites for hydroxylation is 1. The van der Waals surface area contributed by atoms with Gasteiger partial charge in [0, 0.05) is 23.5 Å². The Kier molecular flexibility index (Phi) is 5.26. The summed E-state index contributed by atoms with van der Waals surface area (Å²) in [6.07, 6.45) is 0. The number of anilines is 4. The molecule has 0 saturated heterocycles. The summed E-state index contributed by atoms with van der Waals surface area (Å²) in [6.45, 7) is 1.89. The number of ether oxygens (including phenoxy) is 1. The van der Waals surface area contributed by atoms with Gasteiger partial charge in [0.2, 0.25) is 5.95 Å². The molecule has 0 atom stereocenters. The molecule has 7 heteroatoms. The minimum atomic E-state index is 0.403. The highest BCUT2D eigenvalue weighted by Gasteiger charge is 2.09. The first kappa shape index (κ1) is 17.3. The molecule has 0 amide bonds. The second-order valence-electron chi connectivity index (χ2n) is 5.30. The molecule has 0 aliphatic carbocycles. The average molecular weight is 375 g/mol. The number of hydrogen-bond acceptors (Lipinski definition) is 5. The highest BCUT2D eigenvalue weighted by atomic mass is 35.5. The van der Waals surface area contributed by atoms with Crippen LogP contribution in [0.25, 0.3) is 0 Å². The van der Waals surface area contributed by atoms with Crippen LogP contribution >= 0.6 is 23.2 Å². The molecule has 0 unspecified atom stereocenters. The predicted molar refractivity (Wildman–Crippen MR) is 103 cm³/mol. The van der Waals surface area contributed by atoms with E-state index < -0.39 is 0 Å². The molecule has 1 aromatic heterocycles. The first-order chi connectivity index (χ1) is 12.0. The van der Waals surface area contributed by atoms with E-state index in [0.29, 0.717) is 27.5 Å². The van der Waals surface area contributed by atoms with Crippen molar-refractivity contribution < 1.29 is 4.74 Å². The van der Waals surface area contributed by atoms with E-state index >= 15 is 0 Å². The SMILES string of the molecule is COc1cccc(Nc2cc(C)nc(Nc3c(Cl)cccc3Cl)n2)c1. The van der Waals surface area contributed by atoms with Crippen LogP contribution in [0.1, 0.15) is 5.69 Å². The van der Waals surface area contributed by atoms with Crippen LogP contribution < -0.4 is 15.4 Å². The van der Waals surface area contributed by atoms with Gasteiger partial charge in [-0.3, -0.25) is 0 Å². The highest BCUT2D eigenvalue weighted by molar-refractivity contribution is 6.39. The zero-order valence-corrected chi connectivity index (χ0v) is 15.2. The van der Waals surface area contributed by atoms with E-state index in [1.54, 1.807) is 25.3 Å². The van der Waals surface area contributed by atoms with Crippen LogP contribution in [0, 0.1) is 6.92 Å². The van der Waals surface area contributed by atoms with Gasteiger partial charge in [-0.25, -0.2) is 4.98 Å². The number of halogens is 2. The molecular formula is C18H16Cl2N4O. The maximum atomic E-state index is 6.19. The van der Waals surface area contributed by atoms with Gasteiger partial charge >= 0.3 is 0 Å². The topological polar surface area (TPSA) is 59.1 Å². The largest absolute Gasteiger partial charge is 0.497 e. The van der Waals surface area contributed by atoms with Gasteiger partial charge in [0.1, 0.15) is 11.6 Å². The van der Waals surface area contributed by atoms with Gasteiger partial charge in [-0.05, 0) is 31.2 Å². The smallest absolute Gasteiger partial charge is 0.229 e. The first-order valence-electron chi connectivity index (χ1n) is 7.53. The Bertz CT molecular complexity index is 882. The molecule has 2 N–H and O–H groups in total. The number of para-hydroxylation sites is 1. The minimum absolute atomic E-state index is 0.403. The molecule has 5 nitrogen and oxygen atoms in total. The van der Waals surface area contributed by atoms with Crippen LogP contribution in [0.4, 0.5) is 23.1 Å². The van der Waals surface area contributed by atoms with Gasteiger partial charge in [0.25, 0.3) is 0 Å². The third-order valence-electron chi connectivity index (χ3n) is 3.40. The third kappa shape index (κ3) is 4.32. The summed E-state index contributed by atoms with van der Waals surface area (Å²) in [4.78, 5) is 8.85. The third-order valence-corrected chi connectivity index (χ3v) is 4.03. The fraction of sp³-hybridized carbons (Fsp3) is 0.111. The fourth-order valence-corrected chi connectivity index (χ4v) is 2.76. The molecule has 0 fully saturated rings. The molecule has 0 bridgehead atoms. The van der Waals surface area contributed by atoms with Crippen molar-refractivity contribution in [3.63, 3.8) is 0 Å². The molecule has 2 aromatic carbocycles. The molecule has 1 heterocycles. The minimum Gasteiger partial charge on any atom is -0.497 e. The van der Waals surface area contributed by atoms with Crippen molar-refractivity contribution in [3.05, 3.63) is 64.3 Å². The monoisotopic (exact) mass is 374 g/mol. The lowest BCUT2D eigenvalue weighted by Gasteiger charge is -2.12. The lowest BCUT2D eigenvalue weighted by atomic mass is 10.3. The van der Waals surface area contributed by atoms with E-state index in [0.717, 1.165) is 17.1 Å². The molecule has 0 aliphatic rings. The van der Waals surface area contributed by atoms with E-state index in [1.165, 1.54) is 0 Å². The number of nitrogens with one attached hydrogen (secondary N) is 2. The zero-order chi connectivity index (χ0) is 17.8. The van der Waals surface area contributed by atoms with E-state index in [-0.39, 0.29) is 0 Å². The maximum Gasteiger partial charge on any atom is 0.229 e. The Morgan fingerprint density at radius 3 is 2.36 bits per heavy atom. The molecular weight excluding hydrogens is 359 g/mol. The van der Waals surface area contributed by atoms with Crippen molar-refractivity contribution >= 4 is 46.3 Å². The summed E-state index contributed by atoms with van der Waals surface area (Å²) in [7, 11) is 1.63. The van der Waals surface area contributed by atoms with Crippen molar-refractivity contribution in [1.29, 1.82) is 0 Å². The summed E-state index contributed by atoms with van der Waals surface area (Å²) in [5.41, 5.74) is 2.23. The zero-order valence-electron chi connectivity index (χ0n) is 13.7. The molecule has 3 rings (SSSR count). The van der Waals surface area contributed by atoms with Crippen molar-refractivity contribution in [2.24, 2.45) is 0 Å². The van der Waals surface area contributed by atoms with Crippen LogP contribution in [0.15, 0.2) is 48.5 Å². The van der Waals surface area contributed by atoms with Gasteiger partial charge in [0.15, 0.2) is 0 Å². The molecule has 0 aliphatic heterocycles. The number of benzene rings is 2. The summed E-state index contributed by atoms with van der Waals surface area (Å²) < 4.78 is 5.23. The quantitative estimate of drug-likeness (QED) is 0.609. The number of aromatic nitrogens is 2. The van der Waals surface area contributed by atoms with Crippen LogP contribution in [0.2, 0.25) is 10.0 Å². The molecule has 3 aromatic rings. The van der Waals surface area contributed by atoms with Gasteiger partial charge in [-0.15, -0.1) is 0 Å². The van der Waals surface area contributed by atoms with E-state index in [2.05, 4.69) is 20.6 Å². The standard InChI is InChI=1S/C18H16Cl2N4O/c1-11-9-16(22-12-5-3-6-13(10-12)25-2)23-18(21-11)24-17-14(19)7-4-8-15(17)20/h3-10H,1-2H3,(H2,21,22,23,24). The van der Waals surface area contributed by atoms with Crippen molar-refractivity contribution in [3.8, 4) is 5.75 Å². The molecule has 128 valence electrons. The second kappa shape index (κ2) is 7.59. The van der Waals surface area contributed by atoms with E-state index in [1.807, 2.05) is 37.3 Å². The van der Waals surface area contributed by atoms with Crippen LogP contribution in [0.3, 0.4) is 0 Å². The molecule has 0 spiro atoms. The average Bonchev–Trinajstić information content (AvgIpc) is 2.58. The molecule has 0 saturated carbocycles. The van der Waals surface area contributed by atoms with Crippen LogP contribution in [0.5, 0.6) is 5.75 Å². The predicted octanol–water partition coefficient (Wildman–Crippen LogP) is 5.59. The Balaban J connectivity index is 1.87. The number of nitrogens with zero attached hydrogens (tertiary/aromatic N) is 2. The Hall–Kier alpha value is -2.50. The fourth-order valence-electron chi connectivity index (χ4n) is 2.27. The van der Waals surface area contributed by atoms with Crippen molar-refractivity contribution in [2.45, 2.75) is 6.92 Å². The first-order valence-corrected chi connectivity index (χ1v) is 8.28. The lowest BCUT2D eigenvalue weighted by molar-refractivity contribution is 0.415. The highest BCUT2D eigenvalue weighted by Crippen LogP contribution is 2.32. The van der Waals surface area contributed by atoms with Gasteiger partial charge in [-0.1, -0.05) is 35.3 Å². The summed E-state index contributed by atoms with van der Waals surface area (Å²) in [6, 6.07) is 14.7.